The van der Waals surface area contributed by atoms with E-state index in [4.69, 9.17) is 117 Å². The molecule has 0 fully saturated rings. The molecule has 12 aromatic rings. The highest BCUT2D eigenvalue weighted by molar-refractivity contribution is 7.30. The van der Waals surface area contributed by atoms with Crippen LogP contribution in [0, 0.1) is 92.7 Å². The van der Waals surface area contributed by atoms with Crippen molar-refractivity contribution in [1.82, 2.24) is 19.9 Å². The Hall–Kier alpha value is -7.42. The van der Waals surface area contributed by atoms with Gasteiger partial charge in [-0.15, -0.1) is 90.7 Å². The Morgan fingerprint density at radius 2 is 0.700 bits per heavy atom. The number of carbonyl (C=O) groups excluding carboxylic acids is 2. The van der Waals surface area contributed by atoms with Gasteiger partial charge in [0.15, 0.2) is 11.6 Å². The maximum atomic E-state index is 14.7. The van der Waals surface area contributed by atoms with Crippen LogP contribution in [0.15, 0.2) is 107 Å². The van der Waals surface area contributed by atoms with E-state index in [9.17, 15) is 30.6 Å². The van der Waals surface area contributed by atoms with E-state index in [1.165, 1.54) is 35.6 Å². The molecular weight excluding hydrogens is 1940 g/mol. The highest BCUT2D eigenvalue weighted by Gasteiger charge is 2.45. The van der Waals surface area contributed by atoms with Gasteiger partial charge in [0, 0.05) is 69.4 Å². The van der Waals surface area contributed by atoms with Gasteiger partial charge >= 0.3 is 0 Å². The number of aromatic nitrogens is 4. The number of nitrogens with zero attached hydrogens (tertiary/aromatic N) is 8. The van der Waals surface area contributed by atoms with Crippen LogP contribution < -0.4 is 4.74 Å². The number of ketones is 2. The van der Waals surface area contributed by atoms with Crippen molar-refractivity contribution in [2.45, 2.75) is 192 Å². The van der Waals surface area contributed by atoms with Gasteiger partial charge in [0.25, 0.3) is 0 Å². The van der Waals surface area contributed by atoms with Crippen LogP contribution >= 0.6 is 184 Å². The van der Waals surface area contributed by atoms with Crippen molar-refractivity contribution in [2.24, 2.45) is 47.3 Å². The maximum absolute atomic E-state index is 14.7. The lowest BCUT2D eigenvalue weighted by molar-refractivity contribution is 0.0324. The lowest BCUT2D eigenvalue weighted by Gasteiger charge is -2.39. The molecule has 2 unspecified atom stereocenters. The Labute approximate surface area is 833 Å². The maximum Gasteiger partial charge on any atom is 0.194 e. The number of halogens is 8. The minimum Gasteiger partial charge on any atom is -0.481 e. The van der Waals surface area contributed by atoms with Crippen LogP contribution in [0.25, 0.3) is 117 Å². The van der Waals surface area contributed by atoms with Gasteiger partial charge in [-0.25, -0.2) is 19.9 Å². The van der Waals surface area contributed by atoms with Gasteiger partial charge < -0.3 is 4.74 Å². The van der Waals surface area contributed by atoms with Gasteiger partial charge in [-0.1, -0.05) is 253 Å². The molecule has 0 spiro atoms. The van der Waals surface area contributed by atoms with Crippen molar-refractivity contribution < 1.29 is 14.3 Å². The van der Waals surface area contributed by atoms with Crippen molar-refractivity contribution in [3.8, 4) is 102 Å². The molecular formula is C103H94Cl8N8O3S8. The summed E-state index contributed by atoms with van der Waals surface area (Å²) in [6.07, 6.45) is 23.6. The van der Waals surface area contributed by atoms with Crippen molar-refractivity contribution >= 4 is 240 Å². The first-order valence-electron chi connectivity index (χ1n) is 43.8. The second kappa shape index (κ2) is 41.0. The van der Waals surface area contributed by atoms with E-state index in [1.807, 2.05) is 60.7 Å². The fraction of sp³-hybridized carbons (Fsp3) is 0.359. The second-order valence-electron chi connectivity index (χ2n) is 36.5. The molecule has 668 valence electrons. The van der Waals surface area contributed by atoms with E-state index in [0.717, 1.165) is 174 Å². The smallest absolute Gasteiger partial charge is 0.194 e. The summed E-state index contributed by atoms with van der Waals surface area (Å²) in [6.45, 7) is 31.4. The summed E-state index contributed by atoms with van der Waals surface area (Å²) < 4.78 is 8.17. The normalized spacial score (nSPS) is 15.5. The molecule has 0 radical (unpaired) electrons. The summed E-state index contributed by atoms with van der Waals surface area (Å²) in [4.78, 5) is 67.3. The lowest BCUT2D eigenvalue weighted by atomic mass is 9.78. The highest BCUT2D eigenvalue weighted by atomic mass is 35.5. The van der Waals surface area contributed by atoms with E-state index in [2.05, 4.69) is 109 Å². The first kappa shape index (κ1) is 97.1. The molecule has 2 aromatic carbocycles. The van der Waals surface area contributed by atoms with E-state index in [1.54, 1.807) is 104 Å². The SMILES string of the molecule is CC(C)CCCC(C)CCC1(CCC(C)CCCC(C)C)Oc2cc(-c3sc(/C=C/C=C4\C(=O)c5cc(Cl)c(Cl)cc5C4=C(C#N)C#N)c4nc(-c5cc(Cl)c(CC(C)C)s5)c(-c5cc(Cl)c(CC(C)C)s5)nc34)sc2-c2sc(-c3sc(/C=C/C=C4\C(=O)c5cc(Cl)c(Cl)cc5C4=C(C#N)C#N)c4nc(-c5cc(Cl)c(CC(C)C)s5)c(-c5cc(Cl)c(CC(C)C)s5)nc34)cc21. The largest absolute Gasteiger partial charge is 0.481 e. The Balaban J connectivity index is 0.992. The first-order valence-corrected chi connectivity index (χ1v) is 53.4. The third-order valence-electron chi connectivity index (χ3n) is 23.5. The minimum absolute atomic E-state index is 0.130. The number of ether oxygens (including phenoxy) is 1. The molecule has 1 aliphatic heterocycles. The van der Waals surface area contributed by atoms with Gasteiger partial charge in [-0.05, 0) is 177 Å². The summed E-state index contributed by atoms with van der Waals surface area (Å²) in [6, 6.07) is 26.8. The molecule has 2 aliphatic carbocycles. The third-order valence-corrected chi connectivity index (χ3v) is 36.5. The van der Waals surface area contributed by atoms with E-state index in [-0.39, 0.29) is 64.7 Å². The number of benzene rings is 2. The molecule has 11 nitrogen and oxygen atoms in total. The zero-order valence-electron chi connectivity index (χ0n) is 74.3. The quantitative estimate of drug-likeness (QED) is 0.0288. The molecule has 0 N–H and O–H groups in total. The van der Waals surface area contributed by atoms with E-state index in [0.29, 0.717) is 128 Å². The molecule has 0 bridgehead atoms. The Kier molecular flexibility index (Phi) is 30.7. The Bertz CT molecular complexity index is 6850. The number of fused-ring (bicyclic) bond motifs is 7. The molecule has 130 heavy (non-hydrogen) atoms. The number of allylic oxidation sites excluding steroid dienone is 10. The van der Waals surface area contributed by atoms with Crippen molar-refractivity contribution in [3.63, 3.8) is 0 Å². The molecule has 15 rings (SSSR count). The number of carbonyl (C=O) groups is 2. The van der Waals surface area contributed by atoms with Gasteiger partial charge in [0.1, 0.15) is 91.6 Å². The van der Waals surface area contributed by atoms with Crippen LogP contribution in [-0.2, 0) is 31.3 Å². The monoisotopic (exact) mass is 2030 g/mol. The number of thiophene rings is 8. The minimum atomic E-state index is -0.842. The number of Topliss-reactive ketones (excluding diaryl/α,β-unsaturated/α-hetero) is 2. The van der Waals surface area contributed by atoms with Gasteiger partial charge in [-0.2, -0.15) is 21.0 Å². The van der Waals surface area contributed by atoms with Gasteiger partial charge in [0.05, 0.1) is 93.8 Å². The number of nitriles is 4. The first-order chi connectivity index (χ1) is 62.1. The average molecular weight is 2030 g/mol. The summed E-state index contributed by atoms with van der Waals surface area (Å²) >= 11 is 68.5. The van der Waals surface area contributed by atoms with Crippen molar-refractivity contribution in [3.05, 3.63) is 205 Å². The summed E-state index contributed by atoms with van der Waals surface area (Å²) in [7, 11) is 0. The van der Waals surface area contributed by atoms with E-state index >= 15 is 0 Å². The third kappa shape index (κ3) is 20.3. The van der Waals surface area contributed by atoms with Gasteiger partial charge in [-0.3, -0.25) is 9.59 Å². The predicted octanol–water partition coefficient (Wildman–Crippen LogP) is 36.1. The average Bonchev–Trinajstić information content (AvgIpc) is 1.57. The topological polar surface area (TPSA) is 190 Å². The molecule has 10 aromatic heterocycles. The molecule has 27 heteroatoms. The molecule has 2 atom stereocenters. The van der Waals surface area contributed by atoms with Gasteiger partial charge in [0.2, 0.25) is 0 Å². The number of hydrogen-bond donors (Lipinski definition) is 0. The Morgan fingerprint density at radius 3 is 1.04 bits per heavy atom. The lowest BCUT2D eigenvalue weighted by Crippen LogP contribution is -2.36. The molecule has 0 saturated carbocycles. The van der Waals surface area contributed by atoms with Crippen LogP contribution in [0.1, 0.15) is 228 Å². The molecule has 0 amide bonds. The Morgan fingerprint density at radius 1 is 0.369 bits per heavy atom. The zero-order valence-corrected chi connectivity index (χ0v) is 86.9. The number of hydrogen-bond acceptors (Lipinski definition) is 19. The van der Waals surface area contributed by atoms with Crippen molar-refractivity contribution in [2.75, 3.05) is 0 Å². The molecule has 0 saturated heterocycles. The zero-order chi connectivity index (χ0) is 92.9. The predicted molar refractivity (Wildman–Crippen MR) is 557 cm³/mol. The van der Waals surface area contributed by atoms with Crippen LogP contribution in [-0.4, -0.2) is 31.5 Å². The second-order valence-corrected chi connectivity index (χ2v) is 48.6. The van der Waals surface area contributed by atoms with Crippen molar-refractivity contribution in [1.29, 1.82) is 21.0 Å². The fourth-order valence-corrected chi connectivity index (χ4v) is 29.1. The van der Waals surface area contributed by atoms with Crippen LogP contribution in [0.5, 0.6) is 5.75 Å². The van der Waals surface area contributed by atoms with E-state index < -0.39 is 17.2 Å². The van der Waals surface area contributed by atoms with Crippen LogP contribution in [0.4, 0.5) is 0 Å². The van der Waals surface area contributed by atoms with Crippen LogP contribution in [0.3, 0.4) is 0 Å². The van der Waals surface area contributed by atoms with Crippen LogP contribution in [0.2, 0.25) is 40.2 Å². The molecule has 11 heterocycles. The summed E-state index contributed by atoms with van der Waals surface area (Å²) in [5, 5.41) is 45.2. The summed E-state index contributed by atoms with van der Waals surface area (Å²) in [5.41, 5.74) is 6.53. The number of rotatable bonds is 32. The fourth-order valence-electron chi connectivity index (χ4n) is 17.1. The summed E-state index contributed by atoms with van der Waals surface area (Å²) in [5.74, 6) is 3.07. The highest BCUT2D eigenvalue weighted by Crippen LogP contribution is 2.62. The molecule has 3 aliphatic rings. The standard InChI is InChI=1S/C103H94Cl8N8O3S8/c1-49(2)19-15-21-55(13)27-29-103(30-28-56(14)22-16-20-50(3)4)65-39-85(101-95-89(75(127-101)25-17-23-59-87(57(45-112)46-113)61-35-66(104)68(106)37-63(61)97(59)120)116-91(81-40-70(108)77(123-81)31-51(5)6)93(118-95)83-42-72(110)79(125-83)33-53(9)10)129-99(65)100-74(122-103)44-86(130-100)102-96-90(76(128-102)26-18-24-60-88(58(47-114)48-115)62-36-67(105)69(107)38-64(62)98(60)121)117-92(82-41-71(109)78(124-82)32-52(7)8)94(119-96)84-43-73(111)80(126-84)34-54(11)12/h17-18,23-26,35-44,49-56H,15-16,19-22,27-34H2,1-14H3/b25-17+,26-18+,59-23-,60-24-.